The van der Waals surface area contributed by atoms with E-state index in [0.717, 1.165) is 49.4 Å². The first-order valence-electron chi connectivity index (χ1n) is 7.65. The molecule has 1 unspecified atom stereocenters. The maximum atomic E-state index is 12.6. The van der Waals surface area contributed by atoms with E-state index in [9.17, 15) is 4.79 Å². The van der Waals surface area contributed by atoms with Crippen LogP contribution in [0.4, 0.5) is 0 Å². The molecule has 2 heterocycles. The number of rotatable bonds is 4. The summed E-state index contributed by atoms with van der Waals surface area (Å²) in [6.07, 6.45) is 1.99. The van der Waals surface area contributed by atoms with Crippen LogP contribution in [0.5, 0.6) is 0 Å². The number of Topliss-reactive ketones (excluding diaryl/α,β-unsaturated/α-hetero) is 1. The molecule has 1 atom stereocenters. The number of halogens is 1. The highest BCUT2D eigenvalue weighted by Gasteiger charge is 2.27. The minimum absolute atomic E-state index is 0.0484. The first-order chi connectivity index (χ1) is 10.6. The summed E-state index contributed by atoms with van der Waals surface area (Å²) in [6, 6.07) is 9.31. The zero-order chi connectivity index (χ0) is 15.5. The molecule has 0 spiro atoms. The van der Waals surface area contributed by atoms with E-state index in [2.05, 4.69) is 21.2 Å². The fourth-order valence-electron chi connectivity index (χ4n) is 3.08. The number of aromatic amines is 1. The van der Waals surface area contributed by atoms with Crippen molar-refractivity contribution in [3.63, 3.8) is 0 Å². The summed E-state index contributed by atoms with van der Waals surface area (Å²) in [5.41, 5.74) is 2.82. The Morgan fingerprint density at radius 1 is 1.45 bits per heavy atom. The normalized spacial score (nSPS) is 19.3. The van der Waals surface area contributed by atoms with Crippen molar-refractivity contribution < 1.29 is 4.79 Å². The highest BCUT2D eigenvalue weighted by molar-refractivity contribution is 6.31. The first kappa shape index (κ1) is 15.3. The Bertz CT molecular complexity index is 667. The van der Waals surface area contributed by atoms with Crippen LogP contribution in [0.3, 0.4) is 0 Å². The van der Waals surface area contributed by atoms with Crippen molar-refractivity contribution in [2.75, 3.05) is 13.1 Å². The van der Waals surface area contributed by atoms with Gasteiger partial charge in [-0.2, -0.15) is 5.10 Å². The van der Waals surface area contributed by atoms with Gasteiger partial charge in [-0.15, -0.1) is 0 Å². The molecule has 0 radical (unpaired) electrons. The van der Waals surface area contributed by atoms with Crippen molar-refractivity contribution in [3.8, 4) is 0 Å². The molecular formula is C17H20ClN3O. The van der Waals surface area contributed by atoms with E-state index < -0.39 is 0 Å². The number of aromatic nitrogens is 2. The lowest BCUT2D eigenvalue weighted by Crippen LogP contribution is -2.38. The Morgan fingerprint density at radius 2 is 2.32 bits per heavy atom. The summed E-state index contributed by atoms with van der Waals surface area (Å²) < 4.78 is 0. The van der Waals surface area contributed by atoms with Gasteiger partial charge in [0.05, 0.1) is 5.69 Å². The average Bonchev–Trinajstić information content (AvgIpc) is 2.92. The van der Waals surface area contributed by atoms with E-state index in [1.165, 1.54) is 0 Å². The molecule has 116 valence electrons. The van der Waals surface area contributed by atoms with Crippen molar-refractivity contribution in [3.05, 3.63) is 52.3 Å². The van der Waals surface area contributed by atoms with Gasteiger partial charge in [0, 0.05) is 35.3 Å². The third-order valence-corrected chi connectivity index (χ3v) is 4.37. The Kier molecular flexibility index (Phi) is 4.60. The summed E-state index contributed by atoms with van der Waals surface area (Å²) in [4.78, 5) is 15.0. The van der Waals surface area contributed by atoms with Crippen LogP contribution in [-0.4, -0.2) is 34.0 Å². The minimum atomic E-state index is 0.0484. The predicted octanol–water partition coefficient (Wildman–Crippen LogP) is 3.47. The molecule has 0 bridgehead atoms. The number of piperidine rings is 1. The Morgan fingerprint density at radius 3 is 3.05 bits per heavy atom. The van der Waals surface area contributed by atoms with Crippen LogP contribution >= 0.6 is 11.6 Å². The number of carbonyl (C=O) groups is 1. The fourth-order valence-corrected chi connectivity index (χ4v) is 3.27. The molecule has 4 nitrogen and oxygen atoms in total. The number of ketones is 1. The number of nitrogens with zero attached hydrogens (tertiary/aromatic N) is 2. The van der Waals surface area contributed by atoms with Crippen LogP contribution in [-0.2, 0) is 6.54 Å². The van der Waals surface area contributed by atoms with E-state index >= 15 is 0 Å². The van der Waals surface area contributed by atoms with Gasteiger partial charge in [0.25, 0.3) is 0 Å². The molecular weight excluding hydrogens is 298 g/mol. The lowest BCUT2D eigenvalue weighted by Gasteiger charge is -2.31. The minimum Gasteiger partial charge on any atom is -0.297 e. The third kappa shape index (κ3) is 3.57. The number of H-pyrrole nitrogens is 1. The lowest BCUT2D eigenvalue weighted by molar-refractivity contribution is 0.0810. The second-order valence-electron chi connectivity index (χ2n) is 5.99. The van der Waals surface area contributed by atoms with Gasteiger partial charge >= 0.3 is 0 Å². The van der Waals surface area contributed by atoms with Crippen LogP contribution in [0, 0.1) is 12.8 Å². The number of carbonyl (C=O) groups excluding carboxylic acids is 1. The summed E-state index contributed by atoms with van der Waals surface area (Å²) in [7, 11) is 0. The van der Waals surface area contributed by atoms with Crippen molar-refractivity contribution in [1.82, 2.24) is 15.1 Å². The number of aryl methyl sites for hydroxylation is 1. The number of hydrogen-bond acceptors (Lipinski definition) is 3. The quantitative estimate of drug-likeness (QED) is 0.878. The van der Waals surface area contributed by atoms with Gasteiger partial charge in [-0.05, 0) is 44.5 Å². The van der Waals surface area contributed by atoms with E-state index in [4.69, 9.17) is 11.6 Å². The molecule has 1 saturated heterocycles. The number of benzene rings is 1. The Balaban J connectivity index is 1.66. The molecule has 0 aliphatic carbocycles. The van der Waals surface area contributed by atoms with E-state index in [-0.39, 0.29) is 11.7 Å². The summed E-state index contributed by atoms with van der Waals surface area (Å²) in [5.74, 6) is 0.248. The molecule has 3 rings (SSSR count). The van der Waals surface area contributed by atoms with Gasteiger partial charge in [0.2, 0.25) is 0 Å². The molecule has 1 fully saturated rings. The van der Waals surface area contributed by atoms with Crippen molar-refractivity contribution in [2.45, 2.75) is 26.3 Å². The lowest BCUT2D eigenvalue weighted by atomic mass is 9.90. The molecule has 2 aromatic rings. The van der Waals surface area contributed by atoms with Crippen LogP contribution in [0.1, 0.15) is 34.6 Å². The summed E-state index contributed by atoms with van der Waals surface area (Å²) >= 11 is 5.99. The van der Waals surface area contributed by atoms with Crippen LogP contribution < -0.4 is 0 Å². The second kappa shape index (κ2) is 6.63. The van der Waals surface area contributed by atoms with Crippen molar-refractivity contribution in [1.29, 1.82) is 0 Å². The van der Waals surface area contributed by atoms with E-state index in [1.54, 1.807) is 12.1 Å². The van der Waals surface area contributed by atoms with Crippen LogP contribution in [0.15, 0.2) is 30.3 Å². The molecule has 0 saturated carbocycles. The average molecular weight is 318 g/mol. The van der Waals surface area contributed by atoms with Gasteiger partial charge in [0.1, 0.15) is 0 Å². The molecule has 1 aromatic carbocycles. The molecule has 1 aliphatic rings. The van der Waals surface area contributed by atoms with Crippen LogP contribution in [0.2, 0.25) is 5.02 Å². The molecule has 22 heavy (non-hydrogen) atoms. The van der Waals surface area contributed by atoms with Gasteiger partial charge in [-0.25, -0.2) is 0 Å². The van der Waals surface area contributed by atoms with Crippen molar-refractivity contribution in [2.24, 2.45) is 5.92 Å². The van der Waals surface area contributed by atoms with Crippen molar-refractivity contribution >= 4 is 17.4 Å². The molecule has 1 N–H and O–H groups in total. The van der Waals surface area contributed by atoms with Gasteiger partial charge in [0.15, 0.2) is 5.78 Å². The van der Waals surface area contributed by atoms with E-state index in [0.29, 0.717) is 5.02 Å². The summed E-state index contributed by atoms with van der Waals surface area (Å²) in [5, 5.41) is 7.86. The predicted molar refractivity (Wildman–Crippen MR) is 87.1 cm³/mol. The summed E-state index contributed by atoms with van der Waals surface area (Å²) in [6.45, 7) is 4.60. The van der Waals surface area contributed by atoms with Gasteiger partial charge < -0.3 is 0 Å². The monoisotopic (exact) mass is 317 g/mol. The molecule has 1 aromatic heterocycles. The zero-order valence-electron chi connectivity index (χ0n) is 12.7. The van der Waals surface area contributed by atoms with Crippen LogP contribution in [0.25, 0.3) is 0 Å². The SMILES string of the molecule is Cc1cc(CN2CCCC(C(=O)c3cccc(Cl)c3)C2)n[nH]1. The Labute approximate surface area is 135 Å². The number of hydrogen-bond donors (Lipinski definition) is 1. The molecule has 0 amide bonds. The maximum absolute atomic E-state index is 12.6. The topological polar surface area (TPSA) is 49.0 Å². The van der Waals surface area contributed by atoms with E-state index in [1.807, 2.05) is 19.1 Å². The third-order valence-electron chi connectivity index (χ3n) is 4.13. The second-order valence-corrected chi connectivity index (χ2v) is 6.43. The Hall–Kier alpha value is -1.65. The number of likely N-dealkylation sites (tertiary alicyclic amines) is 1. The fraction of sp³-hybridized carbons (Fsp3) is 0.412. The maximum Gasteiger partial charge on any atom is 0.167 e. The van der Waals surface area contributed by atoms with Gasteiger partial charge in [-0.1, -0.05) is 23.7 Å². The number of nitrogens with one attached hydrogen (secondary N) is 1. The largest absolute Gasteiger partial charge is 0.297 e. The van der Waals surface area contributed by atoms with Gasteiger partial charge in [-0.3, -0.25) is 14.8 Å². The molecule has 1 aliphatic heterocycles. The highest BCUT2D eigenvalue weighted by atomic mass is 35.5. The highest BCUT2D eigenvalue weighted by Crippen LogP contribution is 2.23. The standard InChI is InChI=1S/C17H20ClN3O/c1-12-8-16(20-19-12)11-21-7-3-5-14(10-21)17(22)13-4-2-6-15(18)9-13/h2,4,6,8-9,14H,3,5,7,10-11H2,1H3,(H,19,20). The molecule has 5 heteroatoms. The first-order valence-corrected chi connectivity index (χ1v) is 8.02. The smallest absolute Gasteiger partial charge is 0.167 e. The zero-order valence-corrected chi connectivity index (χ0v) is 13.4.